The van der Waals surface area contributed by atoms with E-state index >= 15 is 0 Å². The van der Waals surface area contributed by atoms with Gasteiger partial charge in [-0.25, -0.2) is 9.97 Å². The molecule has 0 spiro atoms. The third kappa shape index (κ3) is 2.53. The van der Waals surface area contributed by atoms with Crippen molar-refractivity contribution in [2.24, 2.45) is 0 Å². The number of nitrogens with zero attached hydrogens (tertiary/aromatic N) is 2. The van der Waals surface area contributed by atoms with E-state index < -0.39 is 0 Å². The van der Waals surface area contributed by atoms with Crippen LogP contribution >= 0.6 is 11.3 Å². The summed E-state index contributed by atoms with van der Waals surface area (Å²) in [5, 5.41) is 1.02. The molecular weight excluding hydrogens is 342 g/mol. The van der Waals surface area contributed by atoms with Crippen LogP contribution in [0, 0.1) is 0 Å². The quantitative estimate of drug-likeness (QED) is 0.463. The molecule has 0 radical (unpaired) electrons. The fourth-order valence-corrected chi connectivity index (χ4v) is 3.99. The van der Waals surface area contributed by atoms with Gasteiger partial charge in [-0.05, 0) is 54.6 Å². The summed E-state index contributed by atoms with van der Waals surface area (Å²) >= 11 is 1.71. The van der Waals surface area contributed by atoms with Crippen molar-refractivity contribution in [3.63, 3.8) is 0 Å². The minimum absolute atomic E-state index is 0.836. The predicted octanol–water partition coefficient (Wildman–Crippen LogP) is 5.52. The average molecular weight is 357 g/mol. The van der Waals surface area contributed by atoms with E-state index in [0.29, 0.717) is 0 Å². The fourth-order valence-electron chi connectivity index (χ4n) is 3.02. The minimum Gasteiger partial charge on any atom is -0.497 e. The van der Waals surface area contributed by atoms with E-state index in [-0.39, 0.29) is 0 Å². The van der Waals surface area contributed by atoms with Gasteiger partial charge in [-0.3, -0.25) is 0 Å². The number of fused-ring (bicyclic) bond motifs is 2. The molecule has 3 aromatic carbocycles. The molecule has 2 aromatic heterocycles. The van der Waals surface area contributed by atoms with Crippen LogP contribution in [0.1, 0.15) is 0 Å². The Labute approximate surface area is 154 Å². The van der Waals surface area contributed by atoms with Crippen molar-refractivity contribution in [2.75, 3.05) is 7.11 Å². The van der Waals surface area contributed by atoms with Crippen molar-refractivity contribution in [2.45, 2.75) is 0 Å². The summed E-state index contributed by atoms with van der Waals surface area (Å²) in [5.74, 6) is 1.69. The minimum atomic E-state index is 0.836. The zero-order valence-electron chi connectivity index (χ0n) is 14.1. The first-order valence-corrected chi connectivity index (χ1v) is 9.12. The molecule has 0 amide bonds. The molecule has 0 unspecified atom stereocenters. The molecule has 5 heteroatoms. The van der Waals surface area contributed by atoms with Crippen molar-refractivity contribution >= 4 is 32.6 Å². The highest BCUT2D eigenvalue weighted by molar-refractivity contribution is 7.21. The number of nitrogens with one attached hydrogen (secondary N) is 1. The van der Waals surface area contributed by atoms with Gasteiger partial charge in [-0.15, -0.1) is 11.3 Å². The Morgan fingerprint density at radius 1 is 0.846 bits per heavy atom. The smallest absolute Gasteiger partial charge is 0.138 e. The zero-order valence-corrected chi connectivity index (χ0v) is 14.9. The second-order valence-electron chi connectivity index (χ2n) is 6.03. The first-order chi connectivity index (χ1) is 12.8. The number of aromatic amines is 1. The van der Waals surface area contributed by atoms with Crippen LogP contribution in [0.5, 0.6) is 5.75 Å². The third-order valence-corrected chi connectivity index (χ3v) is 5.47. The fraction of sp³-hybridized carbons (Fsp3) is 0.0476. The number of rotatable bonds is 3. The maximum absolute atomic E-state index is 5.22. The number of benzene rings is 3. The molecule has 0 aliphatic rings. The maximum Gasteiger partial charge on any atom is 0.138 e. The second-order valence-corrected chi connectivity index (χ2v) is 7.06. The summed E-state index contributed by atoms with van der Waals surface area (Å²) in [6.45, 7) is 0. The van der Waals surface area contributed by atoms with Gasteiger partial charge in [-0.2, -0.15) is 0 Å². The van der Waals surface area contributed by atoms with Crippen LogP contribution in [0.25, 0.3) is 43.2 Å². The molecule has 126 valence electrons. The molecule has 0 saturated heterocycles. The van der Waals surface area contributed by atoms with Gasteiger partial charge >= 0.3 is 0 Å². The number of para-hydroxylation sites is 1. The van der Waals surface area contributed by atoms with Gasteiger partial charge in [0.1, 0.15) is 16.6 Å². The Balaban J connectivity index is 1.56. The molecule has 5 rings (SSSR count). The van der Waals surface area contributed by atoms with Crippen LogP contribution in [0.3, 0.4) is 0 Å². The molecule has 4 nitrogen and oxygen atoms in total. The Hall–Kier alpha value is -3.18. The number of thiazole rings is 1. The molecule has 0 aliphatic heterocycles. The van der Waals surface area contributed by atoms with Gasteiger partial charge in [0.25, 0.3) is 0 Å². The normalized spacial score (nSPS) is 11.3. The second kappa shape index (κ2) is 5.97. The van der Waals surface area contributed by atoms with E-state index in [2.05, 4.69) is 23.2 Å². The Morgan fingerprint density at radius 2 is 1.65 bits per heavy atom. The standard InChI is InChI=1S/C21H15N3OS/c1-25-15-9-6-13(7-10-15)20-22-16-11-8-14(12-18(16)23-20)21-24-17-4-2-3-5-19(17)26-21/h2-12H,1H3,(H,22,23). The molecule has 0 bridgehead atoms. The van der Waals surface area contributed by atoms with E-state index in [9.17, 15) is 0 Å². The Kier molecular flexibility index (Phi) is 3.47. The molecule has 26 heavy (non-hydrogen) atoms. The number of H-pyrrole nitrogens is 1. The van der Waals surface area contributed by atoms with Crippen molar-refractivity contribution in [1.82, 2.24) is 15.0 Å². The van der Waals surface area contributed by atoms with Crippen molar-refractivity contribution in [3.05, 3.63) is 66.7 Å². The van der Waals surface area contributed by atoms with Gasteiger partial charge in [0.2, 0.25) is 0 Å². The lowest BCUT2D eigenvalue weighted by Gasteiger charge is -2.00. The number of aromatic nitrogens is 3. The zero-order chi connectivity index (χ0) is 17.5. The number of methoxy groups -OCH3 is 1. The van der Waals surface area contributed by atoms with Crippen LogP contribution in [0.4, 0.5) is 0 Å². The average Bonchev–Trinajstić information content (AvgIpc) is 3.31. The van der Waals surface area contributed by atoms with E-state index in [1.807, 2.05) is 48.5 Å². The number of hydrogen-bond acceptors (Lipinski definition) is 4. The summed E-state index contributed by atoms with van der Waals surface area (Å²) in [7, 11) is 1.67. The molecule has 2 heterocycles. The molecule has 0 aliphatic carbocycles. The summed E-state index contributed by atoms with van der Waals surface area (Å²) in [6.07, 6.45) is 0. The highest BCUT2D eigenvalue weighted by Crippen LogP contribution is 2.32. The van der Waals surface area contributed by atoms with Crippen molar-refractivity contribution in [3.8, 4) is 27.7 Å². The van der Waals surface area contributed by atoms with Gasteiger partial charge in [-0.1, -0.05) is 12.1 Å². The third-order valence-electron chi connectivity index (χ3n) is 4.39. The Morgan fingerprint density at radius 3 is 2.46 bits per heavy atom. The highest BCUT2D eigenvalue weighted by Gasteiger charge is 2.10. The van der Waals surface area contributed by atoms with E-state index in [1.165, 1.54) is 4.70 Å². The van der Waals surface area contributed by atoms with Gasteiger partial charge < -0.3 is 9.72 Å². The lowest BCUT2D eigenvalue weighted by Crippen LogP contribution is -1.83. The van der Waals surface area contributed by atoms with Crippen molar-refractivity contribution in [1.29, 1.82) is 0 Å². The monoisotopic (exact) mass is 357 g/mol. The largest absolute Gasteiger partial charge is 0.497 e. The van der Waals surface area contributed by atoms with Crippen molar-refractivity contribution < 1.29 is 4.74 Å². The summed E-state index contributed by atoms with van der Waals surface area (Å²) in [4.78, 5) is 12.9. The maximum atomic E-state index is 5.22. The predicted molar refractivity (Wildman–Crippen MR) is 107 cm³/mol. The van der Waals surface area contributed by atoms with E-state index in [1.54, 1.807) is 18.4 Å². The number of imidazole rings is 1. The topological polar surface area (TPSA) is 50.8 Å². The lowest BCUT2D eigenvalue weighted by atomic mass is 10.2. The first-order valence-electron chi connectivity index (χ1n) is 8.30. The first kappa shape index (κ1) is 15.1. The SMILES string of the molecule is COc1ccc(-c2nc3ccc(-c4nc5ccccc5s4)cc3[nH]2)cc1. The number of ether oxygens (including phenoxy) is 1. The molecular formula is C21H15N3OS. The summed E-state index contributed by atoms with van der Waals surface area (Å²) in [6, 6.07) is 22.3. The summed E-state index contributed by atoms with van der Waals surface area (Å²) < 4.78 is 6.42. The van der Waals surface area contributed by atoms with E-state index in [4.69, 9.17) is 14.7 Å². The molecule has 0 fully saturated rings. The van der Waals surface area contributed by atoms with Crippen LogP contribution in [0.15, 0.2) is 66.7 Å². The number of hydrogen-bond donors (Lipinski definition) is 1. The van der Waals surface area contributed by atoms with Crippen LogP contribution in [-0.4, -0.2) is 22.1 Å². The molecule has 0 atom stereocenters. The van der Waals surface area contributed by atoms with E-state index in [0.717, 1.165) is 44.3 Å². The highest BCUT2D eigenvalue weighted by atomic mass is 32.1. The lowest BCUT2D eigenvalue weighted by molar-refractivity contribution is 0.415. The Bertz CT molecular complexity index is 1190. The molecule has 1 N–H and O–H groups in total. The molecule has 0 saturated carbocycles. The van der Waals surface area contributed by atoms with Gasteiger partial charge in [0.15, 0.2) is 0 Å². The van der Waals surface area contributed by atoms with Crippen LogP contribution < -0.4 is 4.74 Å². The summed E-state index contributed by atoms with van der Waals surface area (Å²) in [5.41, 5.74) is 5.12. The van der Waals surface area contributed by atoms with Gasteiger partial charge in [0.05, 0.1) is 28.4 Å². The molecule has 5 aromatic rings. The van der Waals surface area contributed by atoms with Crippen LogP contribution in [0.2, 0.25) is 0 Å². The van der Waals surface area contributed by atoms with Crippen LogP contribution in [-0.2, 0) is 0 Å². The van der Waals surface area contributed by atoms with Gasteiger partial charge in [0, 0.05) is 11.1 Å².